The third-order valence-corrected chi connectivity index (χ3v) is 21.2. The van der Waals surface area contributed by atoms with Crippen molar-refractivity contribution in [2.75, 3.05) is 42.7 Å². The van der Waals surface area contributed by atoms with E-state index in [0.29, 0.717) is 68.4 Å². The molecule has 12 aromatic rings. The zero-order valence-corrected chi connectivity index (χ0v) is 61.9. The van der Waals surface area contributed by atoms with E-state index in [9.17, 15) is 9.59 Å². The number of aromatic nitrogens is 10. The van der Waals surface area contributed by atoms with Crippen LogP contribution in [0.2, 0.25) is 0 Å². The summed E-state index contributed by atoms with van der Waals surface area (Å²) in [7, 11) is -1.23. The molecule has 0 saturated heterocycles. The first kappa shape index (κ1) is 78.8. The van der Waals surface area contributed by atoms with E-state index in [1.807, 2.05) is 0 Å². The number of hydrogen-bond acceptors (Lipinski definition) is 20. The normalized spacial score (nSPS) is 11.8. The molecular weight excluding hydrogens is 1480 g/mol. The number of carbonyl (C=O) groups is 2. The SMILES string of the molecule is COc1ccc(CN(Cc2ccc(OC)cc2)S(=O)(=O)c2c(C(F)(F)F)ccc(-c3ccc(C(C)=O)nc3)c2-c2nnn(Cc3ccc(OC)cc3)n2)cc1.COc1ccc(CN(Cc2ccc(OC)cc2)S(=O)(=O)c2c(C(F)(F)F)ccc(-c3ccc(C(C)=O)nc3)c2-c2nnnn2Cc2ccc(OC)cc2)cc1. The molecule has 0 aliphatic carbocycles. The highest BCUT2D eigenvalue weighted by Crippen LogP contribution is 2.48. The number of alkyl halides is 6. The van der Waals surface area contributed by atoms with Crippen molar-refractivity contribution >= 4 is 31.6 Å². The van der Waals surface area contributed by atoms with Crippen LogP contribution >= 0.6 is 0 Å². The van der Waals surface area contributed by atoms with Gasteiger partial charge in [-0.15, -0.1) is 15.3 Å². The fraction of sp³-hybridized carbons (Fsp3) is 0.205. The number of halogens is 6. The van der Waals surface area contributed by atoms with Gasteiger partial charge < -0.3 is 28.4 Å². The van der Waals surface area contributed by atoms with Gasteiger partial charge in [0.25, 0.3) is 0 Å². The molecule has 0 unspecified atom stereocenters. The maximum absolute atomic E-state index is 15.3. The van der Waals surface area contributed by atoms with Crippen LogP contribution in [0.4, 0.5) is 26.3 Å². The number of rotatable bonds is 28. The second kappa shape index (κ2) is 33.9. The molecule has 32 heteroatoms. The Morgan fingerprint density at radius 1 is 0.400 bits per heavy atom. The Balaban J connectivity index is 0.000000218. The van der Waals surface area contributed by atoms with E-state index in [-0.39, 0.29) is 96.1 Å². The Morgan fingerprint density at radius 3 is 1.05 bits per heavy atom. The Hall–Kier alpha value is -12.3. The number of methoxy groups -OCH3 is 6. The second-order valence-electron chi connectivity index (χ2n) is 24.6. The average Bonchev–Trinajstić information content (AvgIpc) is 1.07. The largest absolute Gasteiger partial charge is 0.497 e. The second-order valence-corrected chi connectivity index (χ2v) is 28.4. The quantitative estimate of drug-likeness (QED) is 0.0325. The molecule has 0 radical (unpaired) electrons. The van der Waals surface area contributed by atoms with E-state index in [1.165, 1.54) is 97.8 Å². The van der Waals surface area contributed by atoms with Gasteiger partial charge in [-0.2, -0.15) is 39.7 Å². The standard InChI is InChI=1S/2C39H35F3N6O6S/c1-25(49)35-20-11-29(21-43-35)33-18-19-34(39(40,41)42)37(36(33)38-44-45-46-48(38)24-28-9-16-32(54-4)17-10-28)55(50,51)47(22-26-5-12-30(52-2)13-6-26)23-27-7-14-31(53-3)15-8-27;1-25(49)35-20-11-29(21-43-35)33-18-19-34(39(40,41)42)37(36(33)38-44-46-48(45-38)24-28-9-16-32(54-4)17-10-28)55(50,51)47(22-26-5-12-30(52-2)13-6-26)23-27-7-14-31(53-3)15-8-27/h2*5-21H,22-24H2,1-4H3. The smallest absolute Gasteiger partial charge is 0.417 e. The highest BCUT2D eigenvalue weighted by atomic mass is 32.2. The first-order valence-corrected chi connectivity index (χ1v) is 36.3. The Morgan fingerprint density at radius 2 is 0.727 bits per heavy atom. The molecule has 0 spiro atoms. The molecule has 4 aromatic heterocycles. The first-order chi connectivity index (χ1) is 52.6. The van der Waals surface area contributed by atoms with Gasteiger partial charge in [0.15, 0.2) is 17.4 Å². The van der Waals surface area contributed by atoms with Crippen LogP contribution in [0.15, 0.2) is 216 Å². The van der Waals surface area contributed by atoms with Crippen LogP contribution in [0.1, 0.15) is 79.3 Å². The summed E-state index contributed by atoms with van der Waals surface area (Å²) in [6.07, 6.45) is -7.71. The third kappa shape index (κ3) is 18.3. The van der Waals surface area contributed by atoms with Crippen LogP contribution in [0.5, 0.6) is 34.5 Å². The van der Waals surface area contributed by atoms with Gasteiger partial charge in [-0.25, -0.2) is 21.5 Å². The van der Waals surface area contributed by atoms with Gasteiger partial charge >= 0.3 is 12.4 Å². The minimum atomic E-state index is -5.15. The Labute approximate surface area is 628 Å². The molecular formula is C78H70F6N12O12S2. The molecule has 568 valence electrons. The molecule has 0 atom stereocenters. The van der Waals surface area contributed by atoms with Crippen molar-refractivity contribution < 1.29 is 81.2 Å². The lowest BCUT2D eigenvalue weighted by molar-refractivity contribution is -0.140. The van der Waals surface area contributed by atoms with Gasteiger partial charge in [0.2, 0.25) is 25.9 Å². The topological polar surface area (TPSA) is 277 Å². The molecule has 0 aliphatic rings. The van der Waals surface area contributed by atoms with Crippen molar-refractivity contribution in [3.05, 3.63) is 262 Å². The monoisotopic (exact) mass is 1540 g/mol. The number of ketones is 2. The van der Waals surface area contributed by atoms with E-state index in [4.69, 9.17) is 28.4 Å². The summed E-state index contributed by atoms with van der Waals surface area (Å²) in [4.78, 5) is 31.5. The molecule has 0 fully saturated rings. The minimum Gasteiger partial charge on any atom is -0.497 e. The number of sulfonamides is 2. The predicted molar refractivity (Wildman–Crippen MR) is 392 cm³/mol. The van der Waals surface area contributed by atoms with Crippen LogP contribution in [0.25, 0.3) is 45.0 Å². The molecule has 0 N–H and O–H groups in total. The minimum absolute atomic E-state index is 0.0204. The van der Waals surface area contributed by atoms with E-state index in [1.54, 1.807) is 146 Å². The van der Waals surface area contributed by atoms with Gasteiger partial charge in [-0.1, -0.05) is 97.1 Å². The van der Waals surface area contributed by atoms with Crippen LogP contribution in [0.3, 0.4) is 0 Å². The van der Waals surface area contributed by atoms with Crippen LogP contribution in [0, 0.1) is 0 Å². The number of hydrogen-bond donors (Lipinski definition) is 0. The predicted octanol–water partition coefficient (Wildman–Crippen LogP) is 14.2. The van der Waals surface area contributed by atoms with Crippen LogP contribution in [-0.4, -0.2) is 130 Å². The fourth-order valence-corrected chi connectivity index (χ4v) is 15.4. The van der Waals surface area contributed by atoms with Gasteiger partial charge in [-0.05, 0) is 157 Å². The third-order valence-electron chi connectivity index (χ3n) is 17.5. The summed E-state index contributed by atoms with van der Waals surface area (Å²) in [6.45, 7) is 1.41. The van der Waals surface area contributed by atoms with Crippen molar-refractivity contribution in [2.24, 2.45) is 0 Å². The maximum atomic E-state index is 15.3. The summed E-state index contributed by atoms with van der Waals surface area (Å²) >= 11 is 0. The van der Waals surface area contributed by atoms with Crippen LogP contribution in [-0.2, 0) is 71.7 Å². The highest BCUT2D eigenvalue weighted by molar-refractivity contribution is 7.89. The first-order valence-electron chi connectivity index (χ1n) is 33.4. The van der Waals surface area contributed by atoms with Gasteiger partial charge in [0.05, 0.1) is 72.4 Å². The number of pyridine rings is 2. The summed E-state index contributed by atoms with van der Waals surface area (Å²) < 4.78 is 187. The van der Waals surface area contributed by atoms with E-state index in [2.05, 4.69) is 40.9 Å². The maximum Gasteiger partial charge on any atom is 0.417 e. The molecule has 12 rings (SSSR count). The zero-order chi connectivity index (χ0) is 78.7. The van der Waals surface area contributed by atoms with Crippen molar-refractivity contribution in [2.45, 2.75) is 75.3 Å². The lowest BCUT2D eigenvalue weighted by atomic mass is 9.97. The summed E-state index contributed by atoms with van der Waals surface area (Å²) in [5.41, 5.74) is 0.324. The molecule has 24 nitrogen and oxygen atoms in total. The number of ether oxygens (including phenoxy) is 6. The number of Topliss-reactive ketones (excluding diaryl/α,β-unsaturated/α-hetero) is 2. The highest BCUT2D eigenvalue weighted by Gasteiger charge is 2.45. The number of benzene rings is 8. The molecule has 110 heavy (non-hydrogen) atoms. The summed E-state index contributed by atoms with van der Waals surface area (Å²) in [5.74, 6) is 1.93. The molecule has 4 heterocycles. The molecule has 0 saturated carbocycles. The molecule has 8 aromatic carbocycles. The average molecular weight is 1550 g/mol. The molecule has 0 aliphatic heterocycles. The number of carbonyl (C=O) groups excluding carboxylic acids is 2. The van der Waals surface area contributed by atoms with E-state index in [0.717, 1.165) is 37.2 Å². The zero-order valence-electron chi connectivity index (χ0n) is 60.2. The van der Waals surface area contributed by atoms with E-state index < -0.39 is 64.4 Å². The summed E-state index contributed by atoms with van der Waals surface area (Å²) in [6, 6.07) is 49.4. The Kier molecular flexibility index (Phi) is 24.3. The lowest BCUT2D eigenvalue weighted by Crippen LogP contribution is -2.32. The van der Waals surface area contributed by atoms with Gasteiger partial charge in [0.1, 0.15) is 55.7 Å². The summed E-state index contributed by atoms with van der Waals surface area (Å²) in [5, 5.41) is 24.7. The van der Waals surface area contributed by atoms with Gasteiger partial charge in [-0.3, -0.25) is 19.6 Å². The number of tetrazole rings is 2. The lowest BCUT2D eigenvalue weighted by Gasteiger charge is -2.27. The van der Waals surface area contributed by atoms with E-state index >= 15 is 43.2 Å². The number of nitrogens with zero attached hydrogens (tertiary/aromatic N) is 12. The van der Waals surface area contributed by atoms with Crippen molar-refractivity contribution in [1.29, 1.82) is 0 Å². The molecule has 0 bridgehead atoms. The van der Waals surface area contributed by atoms with Crippen LogP contribution < -0.4 is 28.4 Å². The Bertz CT molecular complexity index is 5350. The fourth-order valence-electron chi connectivity index (χ4n) is 11.7. The van der Waals surface area contributed by atoms with Crippen molar-refractivity contribution in [3.63, 3.8) is 0 Å². The molecule has 0 amide bonds. The van der Waals surface area contributed by atoms with Crippen molar-refractivity contribution in [1.82, 2.24) is 59.0 Å². The van der Waals surface area contributed by atoms with Crippen molar-refractivity contribution in [3.8, 4) is 79.5 Å². The van der Waals surface area contributed by atoms with Gasteiger partial charge in [0, 0.05) is 69.1 Å².